The molecule has 0 bridgehead atoms. The molecule has 2 aromatic rings. The van der Waals surface area contributed by atoms with Crippen molar-refractivity contribution in [3.8, 4) is 0 Å². The predicted molar refractivity (Wildman–Crippen MR) is 70.6 cm³/mol. The molecule has 8 heteroatoms. The maximum atomic E-state index is 13.2. The Balaban J connectivity index is 2.32. The summed E-state index contributed by atoms with van der Waals surface area (Å²) in [7, 11) is 0. The van der Waals surface area contributed by atoms with Crippen LogP contribution in [-0.4, -0.2) is 17.0 Å². The molecule has 4 N–H and O–H groups in total. The van der Waals surface area contributed by atoms with Crippen molar-refractivity contribution in [2.75, 3.05) is 5.32 Å². The van der Waals surface area contributed by atoms with Crippen molar-refractivity contribution < 1.29 is 18.8 Å². The number of halogens is 2. The van der Waals surface area contributed by atoms with Crippen LogP contribution in [0.25, 0.3) is 0 Å². The normalized spacial score (nSPS) is 11.4. The van der Waals surface area contributed by atoms with Crippen LogP contribution in [0.2, 0.25) is 5.22 Å². The number of nitrogens with two attached hydrogens (primary N) is 1. The highest BCUT2D eigenvalue weighted by Gasteiger charge is 2.15. The van der Waals surface area contributed by atoms with Crippen molar-refractivity contribution >= 4 is 29.0 Å². The zero-order chi connectivity index (χ0) is 14.7. The minimum atomic E-state index is -0.601. The molecule has 0 spiro atoms. The van der Waals surface area contributed by atoms with Crippen molar-refractivity contribution in [2.45, 2.75) is 0 Å². The minimum absolute atomic E-state index is 0.0233. The van der Waals surface area contributed by atoms with Gasteiger partial charge in [-0.3, -0.25) is 4.79 Å². The lowest BCUT2D eigenvalue weighted by Crippen LogP contribution is -2.19. The topological polar surface area (TPSA) is 101 Å². The van der Waals surface area contributed by atoms with Crippen molar-refractivity contribution in [1.29, 1.82) is 0 Å². The highest BCUT2D eigenvalue weighted by atomic mass is 35.5. The van der Waals surface area contributed by atoms with E-state index in [0.29, 0.717) is 0 Å². The van der Waals surface area contributed by atoms with Gasteiger partial charge in [0.25, 0.3) is 5.91 Å². The van der Waals surface area contributed by atoms with Gasteiger partial charge in [0, 0.05) is 5.56 Å². The molecule has 104 valence electrons. The smallest absolute Gasteiger partial charge is 0.291 e. The van der Waals surface area contributed by atoms with E-state index in [-0.39, 0.29) is 28.1 Å². The van der Waals surface area contributed by atoms with Gasteiger partial charge in [0.15, 0.2) is 16.8 Å². The first-order chi connectivity index (χ1) is 9.51. The zero-order valence-electron chi connectivity index (χ0n) is 9.93. The second-order valence-electron chi connectivity index (χ2n) is 3.73. The highest BCUT2D eigenvalue weighted by molar-refractivity contribution is 6.29. The Bertz CT molecular complexity index is 684. The average molecular weight is 298 g/mol. The molecule has 0 aliphatic heterocycles. The lowest BCUT2D eigenvalue weighted by Gasteiger charge is -2.09. The fraction of sp³-hybridized carbons (Fsp3) is 0. The molecule has 0 atom stereocenters. The third kappa shape index (κ3) is 2.89. The molecule has 1 amide bonds. The summed E-state index contributed by atoms with van der Waals surface area (Å²) in [6.07, 6.45) is 0. The third-order valence-corrected chi connectivity index (χ3v) is 2.61. The molecule has 0 fully saturated rings. The number of carbonyl (C=O) groups excluding carboxylic acids is 1. The van der Waals surface area contributed by atoms with Gasteiger partial charge in [-0.1, -0.05) is 5.16 Å². The Hall–Kier alpha value is -2.54. The highest BCUT2D eigenvalue weighted by Crippen LogP contribution is 2.19. The van der Waals surface area contributed by atoms with Gasteiger partial charge in [-0.2, -0.15) is 0 Å². The molecule has 1 aromatic heterocycles. The van der Waals surface area contributed by atoms with Crippen LogP contribution >= 0.6 is 11.6 Å². The second kappa shape index (κ2) is 5.62. The summed E-state index contributed by atoms with van der Waals surface area (Å²) in [6.45, 7) is 0. The van der Waals surface area contributed by atoms with E-state index in [2.05, 4.69) is 10.5 Å². The Morgan fingerprint density at radius 1 is 1.40 bits per heavy atom. The second-order valence-corrected chi connectivity index (χ2v) is 4.11. The van der Waals surface area contributed by atoms with E-state index < -0.39 is 11.7 Å². The van der Waals surface area contributed by atoms with E-state index in [9.17, 15) is 9.18 Å². The largest absolute Gasteiger partial charge is 0.440 e. The Morgan fingerprint density at radius 2 is 2.15 bits per heavy atom. The quantitative estimate of drug-likeness (QED) is 0.350. The molecular weight excluding hydrogens is 289 g/mol. The number of nitrogens with one attached hydrogen (secondary N) is 1. The van der Waals surface area contributed by atoms with Crippen molar-refractivity contribution in [3.05, 3.63) is 52.7 Å². The number of amidine groups is 1. The summed E-state index contributed by atoms with van der Waals surface area (Å²) in [5.74, 6) is -1.55. The number of oxime groups is 1. The first-order valence-electron chi connectivity index (χ1n) is 5.35. The van der Waals surface area contributed by atoms with E-state index in [0.717, 1.165) is 12.1 Å². The van der Waals surface area contributed by atoms with Crippen LogP contribution in [0.3, 0.4) is 0 Å². The number of nitrogens with zero attached hydrogens (tertiary/aromatic N) is 1. The number of benzene rings is 1. The third-order valence-electron chi connectivity index (χ3n) is 2.41. The zero-order valence-corrected chi connectivity index (χ0v) is 10.7. The Labute approximate surface area is 117 Å². The molecular formula is C12H9ClFN3O3. The van der Waals surface area contributed by atoms with Crippen LogP contribution in [-0.2, 0) is 0 Å². The van der Waals surface area contributed by atoms with E-state index in [1.54, 1.807) is 0 Å². The summed E-state index contributed by atoms with van der Waals surface area (Å²) in [5, 5.41) is 13.9. The van der Waals surface area contributed by atoms with Crippen LogP contribution < -0.4 is 11.1 Å². The SMILES string of the molecule is N/C(=N/O)c1cc(F)ccc1NC(=O)c1ccc(Cl)o1. The number of amides is 1. The van der Waals surface area contributed by atoms with Gasteiger partial charge >= 0.3 is 0 Å². The lowest BCUT2D eigenvalue weighted by atomic mass is 10.1. The fourth-order valence-corrected chi connectivity index (χ4v) is 1.66. The molecule has 20 heavy (non-hydrogen) atoms. The van der Waals surface area contributed by atoms with Gasteiger partial charge in [0.05, 0.1) is 5.69 Å². The molecule has 0 unspecified atom stereocenters. The average Bonchev–Trinajstić information content (AvgIpc) is 2.86. The van der Waals surface area contributed by atoms with E-state index in [4.69, 9.17) is 27.0 Å². The summed E-state index contributed by atoms with van der Waals surface area (Å²) < 4.78 is 18.1. The van der Waals surface area contributed by atoms with E-state index >= 15 is 0 Å². The summed E-state index contributed by atoms with van der Waals surface area (Å²) in [6, 6.07) is 6.22. The number of hydrogen-bond acceptors (Lipinski definition) is 4. The molecule has 0 radical (unpaired) electrons. The molecule has 0 aliphatic rings. The van der Waals surface area contributed by atoms with Gasteiger partial charge < -0.3 is 20.7 Å². The van der Waals surface area contributed by atoms with Gasteiger partial charge in [0.1, 0.15) is 5.82 Å². The van der Waals surface area contributed by atoms with Crippen LogP contribution in [0.15, 0.2) is 39.9 Å². The minimum Gasteiger partial charge on any atom is -0.440 e. The van der Waals surface area contributed by atoms with Crippen molar-refractivity contribution in [2.24, 2.45) is 10.9 Å². The monoisotopic (exact) mass is 297 g/mol. The number of rotatable bonds is 3. The van der Waals surface area contributed by atoms with Crippen LogP contribution in [0.5, 0.6) is 0 Å². The predicted octanol–water partition coefficient (Wildman–Crippen LogP) is 2.42. The van der Waals surface area contributed by atoms with Crippen LogP contribution in [0.4, 0.5) is 10.1 Å². The molecule has 6 nitrogen and oxygen atoms in total. The van der Waals surface area contributed by atoms with E-state index in [1.807, 2.05) is 0 Å². The molecule has 2 rings (SSSR count). The first-order valence-corrected chi connectivity index (χ1v) is 5.73. The number of anilines is 1. The standard InChI is InChI=1S/C12H9ClFN3O3/c13-10-4-3-9(20-10)12(18)16-8-2-1-6(14)5-7(8)11(15)17-19/h1-5,19H,(H2,15,17)(H,16,18). The number of hydrogen-bond donors (Lipinski definition) is 3. The summed E-state index contributed by atoms with van der Waals surface area (Å²) in [5.41, 5.74) is 5.63. The first kappa shape index (κ1) is 13.9. The van der Waals surface area contributed by atoms with Crippen LogP contribution in [0.1, 0.15) is 16.1 Å². The van der Waals surface area contributed by atoms with Gasteiger partial charge in [-0.05, 0) is 41.9 Å². The molecule has 1 heterocycles. The van der Waals surface area contributed by atoms with E-state index in [1.165, 1.54) is 18.2 Å². The molecule has 0 saturated carbocycles. The van der Waals surface area contributed by atoms with Gasteiger partial charge in [-0.25, -0.2) is 4.39 Å². The Kier molecular flexibility index (Phi) is 3.90. The van der Waals surface area contributed by atoms with Gasteiger partial charge in [-0.15, -0.1) is 0 Å². The summed E-state index contributed by atoms with van der Waals surface area (Å²) >= 11 is 5.56. The maximum Gasteiger partial charge on any atom is 0.291 e. The Morgan fingerprint density at radius 3 is 2.75 bits per heavy atom. The lowest BCUT2D eigenvalue weighted by molar-refractivity contribution is 0.0996. The van der Waals surface area contributed by atoms with Crippen molar-refractivity contribution in [3.63, 3.8) is 0 Å². The molecule has 0 saturated heterocycles. The van der Waals surface area contributed by atoms with Crippen LogP contribution in [0, 0.1) is 5.82 Å². The number of furan rings is 1. The number of carbonyl (C=O) groups is 1. The van der Waals surface area contributed by atoms with Crippen molar-refractivity contribution in [1.82, 2.24) is 0 Å². The van der Waals surface area contributed by atoms with Gasteiger partial charge in [0.2, 0.25) is 0 Å². The maximum absolute atomic E-state index is 13.2. The molecule has 1 aromatic carbocycles. The summed E-state index contributed by atoms with van der Waals surface area (Å²) in [4.78, 5) is 11.9. The molecule has 0 aliphatic carbocycles. The fourth-order valence-electron chi connectivity index (χ4n) is 1.51.